The van der Waals surface area contributed by atoms with Gasteiger partial charge in [0.1, 0.15) is 0 Å². The summed E-state index contributed by atoms with van der Waals surface area (Å²) in [4.78, 5) is 12.0. The van der Waals surface area contributed by atoms with Crippen LogP contribution in [0.1, 0.15) is 55.8 Å². The van der Waals surface area contributed by atoms with Crippen LogP contribution in [0.5, 0.6) is 0 Å². The molecule has 4 heteroatoms. The van der Waals surface area contributed by atoms with Crippen LogP contribution in [0.4, 0.5) is 0 Å². The fourth-order valence-corrected chi connectivity index (χ4v) is 3.79. The summed E-state index contributed by atoms with van der Waals surface area (Å²) in [6.07, 6.45) is 7.29. The highest BCUT2D eigenvalue weighted by Crippen LogP contribution is 2.32. The molecule has 23 heavy (non-hydrogen) atoms. The molecule has 0 aromatic heterocycles. The summed E-state index contributed by atoms with van der Waals surface area (Å²) in [6, 6.07) is 8.79. The second-order valence-electron chi connectivity index (χ2n) is 6.87. The second-order valence-corrected chi connectivity index (χ2v) is 6.87. The molecule has 3 rings (SSSR count). The van der Waals surface area contributed by atoms with Crippen LogP contribution in [-0.4, -0.2) is 25.1 Å². The molecule has 1 saturated carbocycles. The van der Waals surface area contributed by atoms with Crippen molar-refractivity contribution in [3.05, 3.63) is 35.4 Å². The zero-order valence-corrected chi connectivity index (χ0v) is 13.8. The molecule has 0 spiro atoms. The van der Waals surface area contributed by atoms with E-state index in [-0.39, 0.29) is 24.0 Å². The maximum absolute atomic E-state index is 12.0. The fraction of sp³-hybridized carbons (Fsp3) is 0.632. The molecule has 2 aliphatic carbocycles. The Morgan fingerprint density at radius 3 is 2.96 bits per heavy atom. The molecule has 3 N–H and O–H groups in total. The van der Waals surface area contributed by atoms with Crippen molar-refractivity contribution in [3.63, 3.8) is 0 Å². The topological polar surface area (TPSA) is 64.4 Å². The zero-order chi connectivity index (χ0) is 16.1. The van der Waals surface area contributed by atoms with Gasteiger partial charge in [-0.15, -0.1) is 0 Å². The number of benzene rings is 1. The number of carbonyl (C=O) groups excluding carboxylic acids is 1. The monoisotopic (exact) mass is 316 g/mol. The van der Waals surface area contributed by atoms with Gasteiger partial charge in [-0.2, -0.15) is 0 Å². The molecule has 0 radical (unpaired) electrons. The van der Waals surface area contributed by atoms with Crippen LogP contribution in [0.25, 0.3) is 0 Å². The summed E-state index contributed by atoms with van der Waals surface area (Å²) >= 11 is 0. The molecule has 3 atom stereocenters. The third-order valence-electron chi connectivity index (χ3n) is 5.10. The molecule has 3 unspecified atom stereocenters. The second kappa shape index (κ2) is 7.93. The Kier molecular flexibility index (Phi) is 5.68. The van der Waals surface area contributed by atoms with Gasteiger partial charge in [-0.25, -0.2) is 0 Å². The van der Waals surface area contributed by atoms with E-state index in [9.17, 15) is 4.79 Å². The highest BCUT2D eigenvalue weighted by atomic mass is 16.5. The highest BCUT2D eigenvalue weighted by molar-refractivity contribution is 5.78. The van der Waals surface area contributed by atoms with Crippen molar-refractivity contribution in [3.8, 4) is 0 Å². The number of amides is 1. The van der Waals surface area contributed by atoms with Crippen LogP contribution in [-0.2, 0) is 16.0 Å². The first-order valence-corrected chi connectivity index (χ1v) is 8.96. The van der Waals surface area contributed by atoms with Gasteiger partial charge < -0.3 is 15.8 Å². The number of nitrogens with one attached hydrogen (secondary N) is 1. The minimum atomic E-state index is 0.121. The molecule has 0 aliphatic heterocycles. The Morgan fingerprint density at radius 1 is 1.26 bits per heavy atom. The maximum atomic E-state index is 12.0. The van der Waals surface area contributed by atoms with Gasteiger partial charge in [0, 0.05) is 25.1 Å². The Labute approximate surface area is 138 Å². The minimum Gasteiger partial charge on any atom is -0.373 e. The summed E-state index contributed by atoms with van der Waals surface area (Å²) in [7, 11) is 0. The fourth-order valence-electron chi connectivity index (χ4n) is 3.79. The number of ether oxygens (including phenoxy) is 1. The van der Waals surface area contributed by atoms with E-state index in [1.807, 2.05) is 0 Å². The third kappa shape index (κ3) is 4.33. The van der Waals surface area contributed by atoms with Gasteiger partial charge in [0.15, 0.2) is 0 Å². The largest absolute Gasteiger partial charge is 0.373 e. The average molecular weight is 316 g/mol. The van der Waals surface area contributed by atoms with Crippen molar-refractivity contribution in [2.75, 3.05) is 13.2 Å². The molecule has 126 valence electrons. The van der Waals surface area contributed by atoms with E-state index in [4.69, 9.17) is 10.5 Å². The molecule has 4 nitrogen and oxygen atoms in total. The van der Waals surface area contributed by atoms with E-state index in [1.54, 1.807) is 0 Å². The van der Waals surface area contributed by atoms with E-state index in [0.29, 0.717) is 13.2 Å². The number of rotatable bonds is 6. The highest BCUT2D eigenvalue weighted by Gasteiger charge is 2.27. The van der Waals surface area contributed by atoms with E-state index in [2.05, 4.69) is 29.6 Å². The number of hydrogen-bond donors (Lipinski definition) is 2. The lowest BCUT2D eigenvalue weighted by molar-refractivity contribution is -0.124. The summed E-state index contributed by atoms with van der Waals surface area (Å²) in [5.74, 6) is 0.289. The maximum Gasteiger partial charge on any atom is 0.223 e. The van der Waals surface area contributed by atoms with Crippen LogP contribution < -0.4 is 11.1 Å². The lowest BCUT2D eigenvalue weighted by atomic mass is 9.89. The summed E-state index contributed by atoms with van der Waals surface area (Å²) < 4.78 is 6.06. The Hall–Kier alpha value is -1.39. The Balaban J connectivity index is 1.35. The molecule has 1 fully saturated rings. The smallest absolute Gasteiger partial charge is 0.223 e. The standard InChI is InChI=1S/C19H28N2O2/c20-16-10-9-15(13-16)19(22)21-11-4-12-23-18-8-3-6-14-5-1-2-7-17(14)18/h1-2,5,7,15-16,18H,3-4,6,8-13,20H2,(H,21,22). The van der Waals surface area contributed by atoms with Gasteiger partial charge in [-0.1, -0.05) is 24.3 Å². The number of fused-ring (bicyclic) bond motifs is 1. The van der Waals surface area contributed by atoms with Gasteiger partial charge in [-0.3, -0.25) is 4.79 Å². The van der Waals surface area contributed by atoms with Crippen LogP contribution in [0.2, 0.25) is 0 Å². The number of hydrogen-bond acceptors (Lipinski definition) is 3. The van der Waals surface area contributed by atoms with E-state index < -0.39 is 0 Å². The van der Waals surface area contributed by atoms with Gasteiger partial charge >= 0.3 is 0 Å². The molecular formula is C19H28N2O2. The van der Waals surface area contributed by atoms with Crippen molar-refractivity contribution in [1.82, 2.24) is 5.32 Å². The molecule has 2 aliphatic rings. The predicted octanol–water partition coefficient (Wildman–Crippen LogP) is 2.71. The van der Waals surface area contributed by atoms with Gasteiger partial charge in [0.05, 0.1) is 6.10 Å². The van der Waals surface area contributed by atoms with Crippen LogP contribution in [0.3, 0.4) is 0 Å². The van der Waals surface area contributed by atoms with Crippen LogP contribution in [0, 0.1) is 5.92 Å². The lowest BCUT2D eigenvalue weighted by Crippen LogP contribution is -2.31. The first kappa shape index (κ1) is 16.5. The van der Waals surface area contributed by atoms with E-state index >= 15 is 0 Å². The van der Waals surface area contributed by atoms with Crippen molar-refractivity contribution in [1.29, 1.82) is 0 Å². The summed E-state index contributed by atoms with van der Waals surface area (Å²) in [5.41, 5.74) is 8.64. The number of aryl methyl sites for hydroxylation is 1. The van der Waals surface area contributed by atoms with Crippen molar-refractivity contribution in [2.24, 2.45) is 11.7 Å². The van der Waals surface area contributed by atoms with Crippen LogP contribution in [0.15, 0.2) is 24.3 Å². The quantitative estimate of drug-likeness (QED) is 0.793. The van der Waals surface area contributed by atoms with E-state index in [0.717, 1.165) is 38.5 Å². The van der Waals surface area contributed by atoms with Crippen molar-refractivity contribution >= 4 is 5.91 Å². The molecule has 0 heterocycles. The van der Waals surface area contributed by atoms with Crippen LogP contribution >= 0.6 is 0 Å². The van der Waals surface area contributed by atoms with Gasteiger partial charge in [-0.05, 0) is 56.1 Å². The normalized spacial score (nSPS) is 26.7. The average Bonchev–Trinajstić information content (AvgIpc) is 3.01. The first-order chi connectivity index (χ1) is 11.2. The molecule has 1 amide bonds. The minimum absolute atomic E-state index is 0.121. The SMILES string of the molecule is NC1CCC(C(=O)NCCCOC2CCCc3ccccc32)C1. The number of carbonyl (C=O) groups is 1. The molecule has 1 aromatic rings. The summed E-state index contributed by atoms with van der Waals surface area (Å²) in [5, 5.41) is 3.03. The van der Waals surface area contributed by atoms with Crippen molar-refractivity contribution in [2.45, 2.75) is 57.1 Å². The van der Waals surface area contributed by atoms with Gasteiger partial charge in [0.25, 0.3) is 0 Å². The molecule has 0 bridgehead atoms. The molecule has 1 aromatic carbocycles. The van der Waals surface area contributed by atoms with Crippen molar-refractivity contribution < 1.29 is 9.53 Å². The third-order valence-corrected chi connectivity index (χ3v) is 5.10. The Morgan fingerprint density at radius 2 is 2.13 bits per heavy atom. The first-order valence-electron chi connectivity index (χ1n) is 8.96. The Bertz CT molecular complexity index is 532. The zero-order valence-electron chi connectivity index (χ0n) is 13.8. The van der Waals surface area contributed by atoms with Gasteiger partial charge in [0.2, 0.25) is 5.91 Å². The summed E-state index contributed by atoms with van der Waals surface area (Å²) in [6.45, 7) is 1.39. The number of nitrogens with two attached hydrogens (primary N) is 1. The predicted molar refractivity (Wildman–Crippen MR) is 91.0 cm³/mol. The molecular weight excluding hydrogens is 288 g/mol. The van der Waals surface area contributed by atoms with E-state index in [1.165, 1.54) is 17.5 Å². The molecule has 0 saturated heterocycles. The lowest BCUT2D eigenvalue weighted by Gasteiger charge is -2.25.